The van der Waals surface area contributed by atoms with Gasteiger partial charge in [0.25, 0.3) is 5.56 Å². The van der Waals surface area contributed by atoms with E-state index in [-0.39, 0.29) is 6.54 Å². The molecular formula is C20H18N4O5. The highest BCUT2D eigenvalue weighted by molar-refractivity contribution is 5.95. The zero-order valence-corrected chi connectivity index (χ0v) is 15.3. The van der Waals surface area contributed by atoms with Crippen LogP contribution in [0.3, 0.4) is 0 Å². The molecule has 9 heteroatoms. The van der Waals surface area contributed by atoms with Crippen LogP contribution in [0.2, 0.25) is 0 Å². The third kappa shape index (κ3) is 5.04. The number of carboxylic acid groups (broad SMARTS) is 1. The van der Waals surface area contributed by atoms with Crippen LogP contribution in [-0.2, 0) is 20.9 Å². The second-order valence-electron chi connectivity index (χ2n) is 6.19. The minimum Gasteiger partial charge on any atom is -0.480 e. The minimum atomic E-state index is -1.19. The highest BCUT2D eigenvalue weighted by Crippen LogP contribution is 2.26. The Morgan fingerprint density at radius 3 is 2.41 bits per heavy atom. The average molecular weight is 394 g/mol. The molecule has 3 rings (SSSR count). The van der Waals surface area contributed by atoms with Crippen LogP contribution in [-0.4, -0.2) is 45.8 Å². The summed E-state index contributed by atoms with van der Waals surface area (Å²) in [5.74, 6) is -2.43. The zero-order valence-electron chi connectivity index (χ0n) is 15.3. The van der Waals surface area contributed by atoms with Gasteiger partial charge in [-0.15, -0.1) is 0 Å². The fourth-order valence-corrected chi connectivity index (χ4v) is 2.76. The molecular weight excluding hydrogens is 376 g/mol. The lowest BCUT2D eigenvalue weighted by Crippen LogP contribution is -2.41. The number of carbonyl (C=O) groups is 3. The summed E-state index contributed by atoms with van der Waals surface area (Å²) >= 11 is 0. The smallest absolute Gasteiger partial charge is 0.322 e. The van der Waals surface area contributed by atoms with Gasteiger partial charge in [-0.2, -0.15) is 5.10 Å². The lowest BCUT2D eigenvalue weighted by molar-refractivity contribution is -0.137. The van der Waals surface area contributed by atoms with Gasteiger partial charge >= 0.3 is 5.97 Å². The van der Waals surface area contributed by atoms with Crippen LogP contribution in [0.1, 0.15) is 0 Å². The summed E-state index contributed by atoms with van der Waals surface area (Å²) in [6.45, 7) is -1.31. The number of fused-ring (bicyclic) bond motifs is 1. The topological polar surface area (TPSA) is 130 Å². The van der Waals surface area contributed by atoms with E-state index in [1.807, 2.05) is 42.5 Å². The number of carbonyl (C=O) groups excluding carboxylic acids is 2. The van der Waals surface area contributed by atoms with Crippen molar-refractivity contribution in [3.05, 3.63) is 65.0 Å². The largest absolute Gasteiger partial charge is 0.480 e. The van der Waals surface area contributed by atoms with Crippen LogP contribution in [0.25, 0.3) is 22.0 Å². The van der Waals surface area contributed by atoms with E-state index < -0.39 is 36.4 Å². The average Bonchev–Trinajstić information content (AvgIpc) is 2.72. The normalized spacial score (nSPS) is 10.5. The lowest BCUT2D eigenvalue weighted by Gasteiger charge is -2.10. The molecule has 0 atom stereocenters. The number of aliphatic carboxylic acids is 1. The molecule has 0 fully saturated rings. The van der Waals surface area contributed by atoms with Crippen molar-refractivity contribution in [3.8, 4) is 11.3 Å². The summed E-state index contributed by atoms with van der Waals surface area (Å²) in [7, 11) is 0. The lowest BCUT2D eigenvalue weighted by atomic mass is 10.0. The van der Waals surface area contributed by atoms with E-state index in [2.05, 4.69) is 15.7 Å². The van der Waals surface area contributed by atoms with Gasteiger partial charge < -0.3 is 15.7 Å². The zero-order chi connectivity index (χ0) is 20.8. The van der Waals surface area contributed by atoms with Gasteiger partial charge in [0.1, 0.15) is 13.1 Å². The van der Waals surface area contributed by atoms with Crippen LogP contribution in [0.4, 0.5) is 0 Å². The third-order valence-corrected chi connectivity index (χ3v) is 4.11. The summed E-state index contributed by atoms with van der Waals surface area (Å²) in [5.41, 5.74) is 0.901. The Kier molecular flexibility index (Phi) is 5.98. The highest BCUT2D eigenvalue weighted by Gasteiger charge is 2.11. The molecule has 0 bridgehead atoms. The number of nitrogens with one attached hydrogen (secondary N) is 2. The van der Waals surface area contributed by atoms with Crippen molar-refractivity contribution >= 4 is 28.6 Å². The number of hydrogen-bond donors (Lipinski definition) is 3. The van der Waals surface area contributed by atoms with Gasteiger partial charge in [-0.25, -0.2) is 4.68 Å². The molecule has 148 valence electrons. The van der Waals surface area contributed by atoms with Crippen molar-refractivity contribution in [1.29, 1.82) is 0 Å². The maximum atomic E-state index is 12.1. The number of benzene rings is 2. The maximum absolute atomic E-state index is 12.1. The molecule has 2 aromatic carbocycles. The number of carboxylic acids is 1. The molecule has 2 amide bonds. The Morgan fingerprint density at radius 2 is 1.62 bits per heavy atom. The predicted molar refractivity (Wildman–Crippen MR) is 105 cm³/mol. The number of aromatic nitrogens is 2. The van der Waals surface area contributed by atoms with E-state index in [0.717, 1.165) is 21.0 Å². The van der Waals surface area contributed by atoms with Crippen LogP contribution in [0.15, 0.2) is 59.4 Å². The first kappa shape index (κ1) is 19.7. The predicted octanol–water partition coefficient (Wildman–Crippen LogP) is 0.381. The second-order valence-corrected chi connectivity index (χ2v) is 6.19. The van der Waals surface area contributed by atoms with Crippen molar-refractivity contribution in [2.45, 2.75) is 6.54 Å². The number of amides is 2. The molecule has 0 aliphatic heterocycles. The van der Waals surface area contributed by atoms with E-state index in [4.69, 9.17) is 5.11 Å². The molecule has 3 aromatic rings. The van der Waals surface area contributed by atoms with Gasteiger partial charge in [0.15, 0.2) is 0 Å². The van der Waals surface area contributed by atoms with Gasteiger partial charge in [0.2, 0.25) is 11.8 Å². The summed E-state index contributed by atoms with van der Waals surface area (Å²) in [4.78, 5) is 46.0. The molecule has 0 saturated heterocycles. The van der Waals surface area contributed by atoms with E-state index in [9.17, 15) is 19.2 Å². The van der Waals surface area contributed by atoms with Crippen molar-refractivity contribution in [3.63, 3.8) is 0 Å². The number of hydrogen-bond acceptors (Lipinski definition) is 5. The van der Waals surface area contributed by atoms with Crippen molar-refractivity contribution in [1.82, 2.24) is 20.4 Å². The van der Waals surface area contributed by atoms with E-state index in [1.54, 1.807) is 6.07 Å². The highest BCUT2D eigenvalue weighted by atomic mass is 16.4. The molecule has 0 unspecified atom stereocenters. The van der Waals surface area contributed by atoms with Gasteiger partial charge in [0.05, 0.1) is 12.2 Å². The quantitative estimate of drug-likeness (QED) is 0.531. The van der Waals surface area contributed by atoms with Crippen LogP contribution >= 0.6 is 0 Å². The first-order valence-corrected chi connectivity index (χ1v) is 8.75. The van der Waals surface area contributed by atoms with Gasteiger partial charge in [-0.3, -0.25) is 19.2 Å². The van der Waals surface area contributed by atoms with Crippen molar-refractivity contribution < 1.29 is 19.5 Å². The van der Waals surface area contributed by atoms with E-state index in [1.165, 1.54) is 6.07 Å². The summed E-state index contributed by atoms with van der Waals surface area (Å²) in [6, 6.07) is 16.4. The molecule has 3 N–H and O–H groups in total. The Bertz CT molecular complexity index is 1130. The Balaban J connectivity index is 1.74. The molecule has 0 spiro atoms. The molecule has 1 aromatic heterocycles. The first-order chi connectivity index (χ1) is 13.9. The Hall–Kier alpha value is -4.01. The van der Waals surface area contributed by atoms with E-state index >= 15 is 0 Å². The summed E-state index contributed by atoms with van der Waals surface area (Å²) < 4.78 is 1.02. The standard InChI is InChI=1S/C20H18N4O5/c25-17(22-11-20(28)29)10-21-18(26)12-24-19(27)9-8-16(23-24)15-7-3-5-13-4-1-2-6-14(13)15/h1-9H,10-12H2,(H,21,26)(H,22,25)(H,28,29). The molecule has 9 nitrogen and oxygen atoms in total. The monoisotopic (exact) mass is 394 g/mol. The molecule has 29 heavy (non-hydrogen) atoms. The first-order valence-electron chi connectivity index (χ1n) is 8.75. The van der Waals surface area contributed by atoms with Gasteiger partial charge in [-0.1, -0.05) is 42.5 Å². The van der Waals surface area contributed by atoms with Crippen LogP contribution in [0, 0.1) is 0 Å². The number of nitrogens with zero attached hydrogens (tertiary/aromatic N) is 2. The molecule has 0 aliphatic carbocycles. The Labute approximate surface area is 165 Å². The van der Waals surface area contributed by atoms with E-state index in [0.29, 0.717) is 5.69 Å². The summed E-state index contributed by atoms with van der Waals surface area (Å²) in [6.07, 6.45) is 0. The fraction of sp³-hybridized carbons (Fsp3) is 0.150. The van der Waals surface area contributed by atoms with Crippen molar-refractivity contribution in [2.24, 2.45) is 0 Å². The minimum absolute atomic E-state index is 0.371. The number of rotatable bonds is 7. The van der Waals surface area contributed by atoms with Gasteiger partial charge in [0, 0.05) is 11.6 Å². The Morgan fingerprint density at radius 1 is 0.897 bits per heavy atom. The second kappa shape index (κ2) is 8.79. The summed E-state index contributed by atoms with van der Waals surface area (Å²) in [5, 5.41) is 19.2. The van der Waals surface area contributed by atoms with Crippen LogP contribution < -0.4 is 16.2 Å². The molecule has 0 aliphatic rings. The molecule has 0 saturated carbocycles. The SMILES string of the molecule is O=C(O)CNC(=O)CNC(=O)Cn1nc(-c2cccc3ccccc23)ccc1=O. The van der Waals surface area contributed by atoms with Crippen LogP contribution in [0.5, 0.6) is 0 Å². The maximum Gasteiger partial charge on any atom is 0.322 e. The van der Waals surface area contributed by atoms with Gasteiger partial charge in [-0.05, 0) is 16.8 Å². The molecule has 1 heterocycles. The van der Waals surface area contributed by atoms with Crippen molar-refractivity contribution in [2.75, 3.05) is 13.1 Å². The fourth-order valence-electron chi connectivity index (χ4n) is 2.76. The third-order valence-electron chi connectivity index (χ3n) is 4.11. The molecule has 0 radical (unpaired) electrons.